The van der Waals surface area contributed by atoms with Crippen molar-refractivity contribution >= 4 is 0 Å². The maximum Gasteiger partial charge on any atom is 0.0560 e. The molecule has 0 saturated heterocycles. The predicted octanol–water partition coefficient (Wildman–Crippen LogP) is 1.88. The Morgan fingerprint density at radius 3 is 2.94 bits per heavy atom. The van der Waals surface area contributed by atoms with Crippen LogP contribution in [0.2, 0.25) is 0 Å². The molecule has 1 atom stereocenters. The lowest BCUT2D eigenvalue weighted by atomic mass is 10.3. The molecule has 0 radical (unpaired) electrons. The highest BCUT2D eigenvalue weighted by Gasteiger charge is 2.04. The van der Waals surface area contributed by atoms with Gasteiger partial charge in [0.1, 0.15) is 0 Å². The third-order valence-corrected chi connectivity index (χ3v) is 2.92. The van der Waals surface area contributed by atoms with E-state index in [9.17, 15) is 0 Å². The largest absolute Gasteiger partial charge is 0.351 e. The van der Waals surface area contributed by atoms with E-state index in [-0.39, 0.29) is 0 Å². The number of hydrogen-bond acceptors (Lipinski definition) is 2. The third kappa shape index (κ3) is 3.20. The lowest BCUT2D eigenvalue weighted by Crippen LogP contribution is -2.30. The molecule has 17 heavy (non-hydrogen) atoms. The number of nitrogens with one attached hydrogen (secondary N) is 1. The molecule has 0 aliphatic heterocycles. The Hall–Kier alpha value is -1.55. The van der Waals surface area contributed by atoms with Crippen molar-refractivity contribution in [3.8, 4) is 0 Å². The van der Waals surface area contributed by atoms with Crippen molar-refractivity contribution < 1.29 is 0 Å². The zero-order valence-electron chi connectivity index (χ0n) is 10.5. The van der Waals surface area contributed by atoms with Gasteiger partial charge in [0.15, 0.2) is 0 Å². The van der Waals surface area contributed by atoms with Crippen molar-refractivity contribution in [1.82, 2.24) is 19.7 Å². The molecule has 0 aromatic carbocycles. The summed E-state index contributed by atoms with van der Waals surface area (Å²) in [5.41, 5.74) is 1.33. The van der Waals surface area contributed by atoms with Gasteiger partial charge in [0, 0.05) is 43.4 Å². The van der Waals surface area contributed by atoms with E-state index in [1.54, 1.807) is 0 Å². The Balaban J connectivity index is 1.82. The number of aryl methyl sites for hydroxylation is 1. The topological polar surface area (TPSA) is 34.8 Å². The Bertz CT molecular complexity index is 430. The number of aromatic nitrogens is 3. The Morgan fingerprint density at radius 1 is 1.35 bits per heavy atom. The summed E-state index contributed by atoms with van der Waals surface area (Å²) in [6.07, 6.45) is 5.93. The summed E-state index contributed by atoms with van der Waals surface area (Å²) >= 11 is 0. The summed E-state index contributed by atoms with van der Waals surface area (Å²) in [5, 5.41) is 7.72. The van der Waals surface area contributed by atoms with Crippen molar-refractivity contribution in [3.05, 3.63) is 42.5 Å². The maximum atomic E-state index is 4.21. The van der Waals surface area contributed by atoms with Crippen molar-refractivity contribution in [2.45, 2.75) is 39.5 Å². The predicted molar refractivity (Wildman–Crippen MR) is 68.6 cm³/mol. The SMILES string of the molecule is CCn1cccc1CNC(C)Cn1cccn1. The molecular weight excluding hydrogens is 212 g/mol. The van der Waals surface area contributed by atoms with Gasteiger partial charge in [0.2, 0.25) is 0 Å². The van der Waals surface area contributed by atoms with Gasteiger partial charge >= 0.3 is 0 Å². The Labute approximate surface area is 102 Å². The molecule has 0 amide bonds. The van der Waals surface area contributed by atoms with E-state index >= 15 is 0 Å². The molecule has 1 N–H and O–H groups in total. The molecule has 2 heterocycles. The van der Waals surface area contributed by atoms with E-state index in [4.69, 9.17) is 0 Å². The first-order chi connectivity index (χ1) is 8.29. The molecule has 4 nitrogen and oxygen atoms in total. The molecule has 0 fully saturated rings. The fourth-order valence-corrected chi connectivity index (χ4v) is 1.95. The molecular formula is C13H20N4. The van der Waals surface area contributed by atoms with Crippen LogP contribution in [-0.4, -0.2) is 20.4 Å². The van der Waals surface area contributed by atoms with Gasteiger partial charge in [0.05, 0.1) is 6.54 Å². The van der Waals surface area contributed by atoms with E-state index in [0.717, 1.165) is 19.6 Å². The van der Waals surface area contributed by atoms with Crippen LogP contribution >= 0.6 is 0 Å². The van der Waals surface area contributed by atoms with Crippen LogP contribution in [0.1, 0.15) is 19.5 Å². The van der Waals surface area contributed by atoms with Gasteiger partial charge in [-0.15, -0.1) is 0 Å². The second-order valence-electron chi connectivity index (χ2n) is 4.30. The van der Waals surface area contributed by atoms with Gasteiger partial charge in [-0.3, -0.25) is 4.68 Å². The van der Waals surface area contributed by atoms with Crippen molar-refractivity contribution in [2.24, 2.45) is 0 Å². The summed E-state index contributed by atoms with van der Waals surface area (Å²) in [5.74, 6) is 0. The van der Waals surface area contributed by atoms with Gasteiger partial charge in [-0.1, -0.05) is 0 Å². The van der Waals surface area contributed by atoms with Crippen LogP contribution in [0.3, 0.4) is 0 Å². The Morgan fingerprint density at radius 2 is 2.24 bits per heavy atom. The molecule has 1 unspecified atom stereocenters. The van der Waals surface area contributed by atoms with Crippen LogP contribution in [0.5, 0.6) is 0 Å². The van der Waals surface area contributed by atoms with Crippen LogP contribution < -0.4 is 5.32 Å². The molecule has 92 valence electrons. The van der Waals surface area contributed by atoms with Gasteiger partial charge < -0.3 is 9.88 Å². The normalized spacial score (nSPS) is 12.8. The molecule has 0 spiro atoms. The summed E-state index contributed by atoms with van der Waals surface area (Å²) in [7, 11) is 0. The molecule has 0 bridgehead atoms. The fourth-order valence-electron chi connectivity index (χ4n) is 1.95. The van der Waals surface area contributed by atoms with E-state index in [1.165, 1.54) is 5.69 Å². The second-order valence-corrected chi connectivity index (χ2v) is 4.30. The molecule has 0 saturated carbocycles. The Kier molecular flexibility index (Phi) is 3.98. The van der Waals surface area contributed by atoms with Gasteiger partial charge in [-0.05, 0) is 32.0 Å². The monoisotopic (exact) mass is 232 g/mol. The highest BCUT2D eigenvalue weighted by molar-refractivity contribution is 5.06. The van der Waals surface area contributed by atoms with Crippen LogP contribution in [0.15, 0.2) is 36.8 Å². The summed E-state index contributed by atoms with van der Waals surface area (Å²) in [6.45, 7) is 7.18. The summed E-state index contributed by atoms with van der Waals surface area (Å²) < 4.78 is 4.21. The lowest BCUT2D eigenvalue weighted by Gasteiger charge is -2.14. The first kappa shape index (κ1) is 11.9. The molecule has 0 aliphatic carbocycles. The fraction of sp³-hybridized carbons (Fsp3) is 0.462. The zero-order valence-corrected chi connectivity index (χ0v) is 10.5. The van der Waals surface area contributed by atoms with Crippen molar-refractivity contribution in [1.29, 1.82) is 0 Å². The maximum absolute atomic E-state index is 4.21. The van der Waals surface area contributed by atoms with Crippen LogP contribution in [-0.2, 0) is 19.6 Å². The summed E-state index contributed by atoms with van der Waals surface area (Å²) in [6, 6.07) is 6.63. The minimum atomic E-state index is 0.412. The van der Waals surface area contributed by atoms with Crippen LogP contribution in [0, 0.1) is 0 Å². The van der Waals surface area contributed by atoms with Crippen LogP contribution in [0.25, 0.3) is 0 Å². The van der Waals surface area contributed by atoms with E-state index in [0.29, 0.717) is 6.04 Å². The highest BCUT2D eigenvalue weighted by atomic mass is 15.3. The molecule has 2 rings (SSSR count). The number of rotatable bonds is 6. The highest BCUT2D eigenvalue weighted by Crippen LogP contribution is 2.02. The third-order valence-electron chi connectivity index (χ3n) is 2.92. The van der Waals surface area contributed by atoms with Crippen molar-refractivity contribution in [2.75, 3.05) is 0 Å². The van der Waals surface area contributed by atoms with Gasteiger partial charge in [0.25, 0.3) is 0 Å². The van der Waals surface area contributed by atoms with E-state index < -0.39 is 0 Å². The van der Waals surface area contributed by atoms with Gasteiger partial charge in [-0.2, -0.15) is 5.10 Å². The average Bonchev–Trinajstić information content (AvgIpc) is 2.96. The minimum Gasteiger partial charge on any atom is -0.351 e. The minimum absolute atomic E-state index is 0.412. The quantitative estimate of drug-likeness (QED) is 0.825. The lowest BCUT2D eigenvalue weighted by molar-refractivity contribution is 0.444. The standard InChI is InChI=1S/C13H20N4/c1-3-16-8-4-6-13(16)10-14-12(2)11-17-9-5-7-15-17/h4-9,12,14H,3,10-11H2,1-2H3. The molecule has 0 aliphatic rings. The second kappa shape index (κ2) is 5.68. The van der Waals surface area contributed by atoms with Crippen molar-refractivity contribution in [3.63, 3.8) is 0 Å². The van der Waals surface area contributed by atoms with Gasteiger partial charge in [-0.25, -0.2) is 0 Å². The number of hydrogen-bond donors (Lipinski definition) is 1. The molecule has 2 aromatic heterocycles. The van der Waals surface area contributed by atoms with E-state index in [1.807, 2.05) is 23.1 Å². The first-order valence-electron chi connectivity index (χ1n) is 6.14. The first-order valence-corrected chi connectivity index (χ1v) is 6.14. The summed E-state index contributed by atoms with van der Waals surface area (Å²) in [4.78, 5) is 0. The molecule has 2 aromatic rings. The van der Waals surface area contributed by atoms with Crippen LogP contribution in [0.4, 0.5) is 0 Å². The molecule has 4 heteroatoms. The van der Waals surface area contributed by atoms with E-state index in [2.05, 4.69) is 47.2 Å². The smallest absolute Gasteiger partial charge is 0.0560 e. The average molecular weight is 232 g/mol. The zero-order chi connectivity index (χ0) is 12.1. The number of nitrogens with zero attached hydrogens (tertiary/aromatic N) is 3.